The van der Waals surface area contributed by atoms with Crippen LogP contribution in [0.2, 0.25) is 0 Å². The fraction of sp³-hybridized carbons (Fsp3) is 0.200. The van der Waals surface area contributed by atoms with Gasteiger partial charge in [0, 0.05) is 12.1 Å². The number of benzene rings is 3. The van der Waals surface area contributed by atoms with Crippen molar-refractivity contribution < 1.29 is 33.2 Å². The molecule has 5 N–H and O–H groups in total. The summed E-state index contributed by atoms with van der Waals surface area (Å²) in [5, 5.41) is 2.51. The zero-order valence-corrected chi connectivity index (χ0v) is 20.0. The van der Waals surface area contributed by atoms with Gasteiger partial charge in [0.2, 0.25) is 5.91 Å². The van der Waals surface area contributed by atoms with Crippen LogP contribution in [0, 0.1) is 0 Å². The molecular weight excluding hydrogens is 471 g/mol. The number of anilines is 1. The molecule has 0 saturated heterocycles. The van der Waals surface area contributed by atoms with Crippen LogP contribution in [0.15, 0.2) is 72.8 Å². The minimum absolute atomic E-state index is 0.229. The number of nitrogens with one attached hydrogen (secondary N) is 1. The van der Waals surface area contributed by atoms with Crippen LogP contribution in [0.1, 0.15) is 22.8 Å². The van der Waals surface area contributed by atoms with E-state index in [1.807, 2.05) is 30.3 Å². The van der Waals surface area contributed by atoms with Crippen LogP contribution in [-0.4, -0.2) is 40.7 Å². The summed E-state index contributed by atoms with van der Waals surface area (Å²) in [4.78, 5) is 41.6. The summed E-state index contributed by atoms with van der Waals surface area (Å²) in [6.45, 7) is 0.914. The molecule has 0 heterocycles. The summed E-state index contributed by atoms with van der Waals surface area (Å²) in [5.74, 6) is -0.380. The van der Waals surface area contributed by atoms with Gasteiger partial charge in [-0.05, 0) is 41.8 Å². The third-order valence-corrected chi connectivity index (χ3v) is 5.62. The highest BCUT2D eigenvalue weighted by molar-refractivity contribution is 7.46. The van der Waals surface area contributed by atoms with Gasteiger partial charge in [0.05, 0.1) is 18.8 Å². The lowest BCUT2D eigenvalue weighted by Crippen LogP contribution is -2.52. The van der Waals surface area contributed by atoms with Crippen molar-refractivity contribution in [3.05, 3.63) is 83.9 Å². The number of phosphoric acid groups is 1. The van der Waals surface area contributed by atoms with Crippen molar-refractivity contribution in [3.8, 4) is 16.9 Å². The highest BCUT2D eigenvalue weighted by Crippen LogP contribution is 2.36. The smallest absolute Gasteiger partial charge is 0.469 e. The van der Waals surface area contributed by atoms with Crippen LogP contribution >= 0.6 is 7.82 Å². The number of amides is 1. The van der Waals surface area contributed by atoms with Crippen LogP contribution in [0.5, 0.6) is 5.75 Å². The topological polar surface area (TPSA) is 148 Å². The van der Waals surface area contributed by atoms with Gasteiger partial charge in [-0.25, -0.2) is 4.57 Å². The summed E-state index contributed by atoms with van der Waals surface area (Å²) < 4.78 is 21.0. The second-order valence-corrected chi connectivity index (χ2v) is 9.41. The van der Waals surface area contributed by atoms with Crippen LogP contribution in [0.4, 0.5) is 5.69 Å². The van der Waals surface area contributed by atoms with Crippen LogP contribution in [-0.2, 0) is 20.3 Å². The molecule has 0 aliphatic rings. The van der Waals surface area contributed by atoms with E-state index in [-0.39, 0.29) is 11.3 Å². The summed E-state index contributed by atoms with van der Waals surface area (Å²) in [6.07, 6.45) is 1.25. The lowest BCUT2D eigenvalue weighted by Gasteiger charge is -2.23. The van der Waals surface area contributed by atoms with Gasteiger partial charge in [-0.1, -0.05) is 54.6 Å². The number of hydrogen-bond donors (Lipinski definition) is 4. The van der Waals surface area contributed by atoms with Gasteiger partial charge in [-0.2, -0.15) is 0 Å². The third-order valence-electron chi connectivity index (χ3n) is 5.16. The second-order valence-electron chi connectivity index (χ2n) is 8.17. The molecular formula is C25H27N2O7P. The highest BCUT2D eigenvalue weighted by atomic mass is 31.2. The number of carbonyl (C=O) groups is 2. The number of phosphoric ester groups is 1. The number of carbonyl (C=O) groups excluding carboxylic acids is 2. The SMILES string of the molecule is C[C@](N)(COP(=O)(O)O)C(=O)Nc1ccc(OCCc2ccc(-c3ccccc3)cc2)c(C=O)c1. The van der Waals surface area contributed by atoms with Gasteiger partial charge in [0.25, 0.3) is 0 Å². The Morgan fingerprint density at radius 3 is 2.34 bits per heavy atom. The molecule has 0 bridgehead atoms. The first-order chi connectivity index (χ1) is 16.6. The van der Waals surface area contributed by atoms with Gasteiger partial charge in [-0.3, -0.25) is 14.1 Å². The molecule has 0 saturated carbocycles. The van der Waals surface area contributed by atoms with E-state index < -0.39 is 25.9 Å². The van der Waals surface area contributed by atoms with E-state index in [4.69, 9.17) is 20.3 Å². The Bertz CT molecular complexity index is 1210. The minimum atomic E-state index is -4.78. The molecule has 184 valence electrons. The lowest BCUT2D eigenvalue weighted by atomic mass is 10.0. The molecule has 0 aliphatic carbocycles. The largest absolute Gasteiger partial charge is 0.492 e. The molecule has 35 heavy (non-hydrogen) atoms. The Kier molecular flexibility index (Phi) is 8.56. The summed E-state index contributed by atoms with van der Waals surface area (Å²) in [5.41, 5.74) is 7.94. The Labute approximate surface area is 203 Å². The van der Waals surface area contributed by atoms with Gasteiger partial charge in [0.15, 0.2) is 6.29 Å². The highest BCUT2D eigenvalue weighted by Gasteiger charge is 2.32. The summed E-state index contributed by atoms with van der Waals surface area (Å²) >= 11 is 0. The molecule has 3 aromatic rings. The van der Waals surface area contributed by atoms with Crippen LogP contribution in [0.25, 0.3) is 11.1 Å². The van der Waals surface area contributed by atoms with Crippen molar-refractivity contribution in [1.82, 2.24) is 0 Å². The van der Waals surface area contributed by atoms with Crippen molar-refractivity contribution in [1.29, 1.82) is 0 Å². The molecule has 1 amide bonds. The van der Waals surface area contributed by atoms with E-state index in [9.17, 15) is 14.2 Å². The van der Waals surface area contributed by atoms with Gasteiger partial charge >= 0.3 is 7.82 Å². The molecule has 3 aromatic carbocycles. The zero-order chi connectivity index (χ0) is 25.5. The summed E-state index contributed by atoms with van der Waals surface area (Å²) in [6, 6.07) is 22.7. The van der Waals surface area contributed by atoms with Crippen LogP contribution in [0.3, 0.4) is 0 Å². The summed E-state index contributed by atoms with van der Waals surface area (Å²) in [7, 11) is -4.78. The quantitative estimate of drug-likeness (QED) is 0.232. The van der Waals surface area contributed by atoms with E-state index >= 15 is 0 Å². The Balaban J connectivity index is 1.57. The van der Waals surface area contributed by atoms with Crippen LogP contribution < -0.4 is 15.8 Å². The molecule has 1 atom stereocenters. The van der Waals surface area contributed by atoms with E-state index in [2.05, 4.69) is 34.1 Å². The van der Waals surface area contributed by atoms with E-state index in [1.165, 1.54) is 19.1 Å². The van der Waals surface area contributed by atoms with E-state index in [0.29, 0.717) is 25.1 Å². The Morgan fingerprint density at radius 1 is 1.06 bits per heavy atom. The first kappa shape index (κ1) is 26.3. The minimum Gasteiger partial charge on any atom is -0.492 e. The van der Waals surface area contributed by atoms with Crippen molar-refractivity contribution in [2.75, 3.05) is 18.5 Å². The molecule has 0 spiro atoms. The van der Waals surface area contributed by atoms with Crippen molar-refractivity contribution in [2.45, 2.75) is 18.9 Å². The number of ether oxygens (including phenoxy) is 1. The molecule has 0 aliphatic heterocycles. The average Bonchev–Trinajstić information content (AvgIpc) is 2.84. The van der Waals surface area contributed by atoms with Crippen molar-refractivity contribution >= 4 is 25.7 Å². The Morgan fingerprint density at radius 2 is 1.71 bits per heavy atom. The molecule has 0 radical (unpaired) electrons. The molecule has 10 heteroatoms. The second kappa shape index (κ2) is 11.4. The maximum Gasteiger partial charge on any atom is 0.469 e. The normalized spacial score (nSPS) is 13.0. The number of rotatable bonds is 11. The molecule has 0 unspecified atom stereocenters. The predicted octanol–water partition coefficient (Wildman–Crippen LogP) is 3.55. The number of hydrogen-bond acceptors (Lipinski definition) is 6. The monoisotopic (exact) mass is 498 g/mol. The predicted molar refractivity (Wildman–Crippen MR) is 132 cm³/mol. The number of aldehydes is 1. The first-order valence-electron chi connectivity index (χ1n) is 10.7. The fourth-order valence-corrected chi connectivity index (χ4v) is 3.62. The van der Waals surface area contributed by atoms with Crippen molar-refractivity contribution in [3.63, 3.8) is 0 Å². The van der Waals surface area contributed by atoms with Crippen molar-refractivity contribution in [2.24, 2.45) is 5.73 Å². The van der Waals surface area contributed by atoms with E-state index in [1.54, 1.807) is 6.07 Å². The molecule has 0 fully saturated rings. The van der Waals surface area contributed by atoms with E-state index in [0.717, 1.165) is 16.7 Å². The van der Waals surface area contributed by atoms with Gasteiger partial charge < -0.3 is 25.6 Å². The molecule has 0 aromatic heterocycles. The number of nitrogens with two attached hydrogens (primary N) is 1. The Hall–Kier alpha value is -3.33. The standard InChI is InChI=1S/C25H27N2O7P/c1-25(26,17-34-35(30,31)32)24(29)27-22-11-12-23(21(15-22)16-28)33-14-13-18-7-9-20(10-8-18)19-5-3-2-4-6-19/h2-12,15-16H,13-14,17,26H2,1H3,(H,27,29)(H2,30,31,32)/t25-/m0/s1. The van der Waals surface area contributed by atoms with Gasteiger partial charge in [0.1, 0.15) is 11.3 Å². The maximum absolute atomic E-state index is 12.4. The zero-order valence-electron chi connectivity index (χ0n) is 19.1. The molecule has 3 rings (SSSR count). The molecule has 9 nitrogen and oxygen atoms in total. The average molecular weight is 498 g/mol. The lowest BCUT2D eigenvalue weighted by molar-refractivity contribution is -0.121. The fourth-order valence-electron chi connectivity index (χ4n) is 3.18. The maximum atomic E-state index is 12.4. The first-order valence-corrected chi connectivity index (χ1v) is 12.3. The third kappa shape index (κ3) is 7.85. The van der Waals surface area contributed by atoms with Gasteiger partial charge in [-0.15, -0.1) is 0 Å².